The number of nitrogens with zero attached hydrogens (tertiary/aromatic N) is 1. The van der Waals surface area contributed by atoms with Crippen molar-refractivity contribution in [3.05, 3.63) is 35.2 Å². The van der Waals surface area contributed by atoms with Crippen LogP contribution in [0.15, 0.2) is 18.2 Å². The molecule has 1 fully saturated rings. The van der Waals surface area contributed by atoms with E-state index in [-0.39, 0.29) is 5.91 Å². The molecule has 0 bridgehead atoms. The predicted molar refractivity (Wildman–Crippen MR) is 93.9 cm³/mol. The lowest BCUT2D eigenvalue weighted by Gasteiger charge is -2.21. The lowest BCUT2D eigenvalue weighted by molar-refractivity contribution is -0.116. The van der Waals surface area contributed by atoms with Gasteiger partial charge in [-0.2, -0.15) is 5.10 Å². The summed E-state index contributed by atoms with van der Waals surface area (Å²) >= 11 is 0. The fourth-order valence-corrected chi connectivity index (χ4v) is 3.69. The number of aromatic amines is 1. The van der Waals surface area contributed by atoms with Crippen molar-refractivity contribution in [2.45, 2.75) is 58.2 Å². The summed E-state index contributed by atoms with van der Waals surface area (Å²) in [6.07, 6.45) is 5.20. The van der Waals surface area contributed by atoms with Crippen molar-refractivity contribution in [2.24, 2.45) is 0 Å². The smallest absolute Gasteiger partial charge is 0.251 e. The number of fused-ring (bicyclic) bond motifs is 1. The summed E-state index contributed by atoms with van der Waals surface area (Å²) in [5.41, 5.74) is 3.83. The summed E-state index contributed by atoms with van der Waals surface area (Å²) in [6, 6.07) is 5.60. The van der Waals surface area contributed by atoms with Gasteiger partial charge in [0.2, 0.25) is 5.91 Å². The average molecular weight is 341 g/mol. The van der Waals surface area contributed by atoms with Crippen LogP contribution in [0.5, 0.6) is 11.5 Å². The van der Waals surface area contributed by atoms with Crippen LogP contribution < -0.4 is 14.8 Å². The number of hydrogen-bond donors (Lipinski definition) is 2. The molecule has 6 heteroatoms. The third kappa shape index (κ3) is 3.08. The van der Waals surface area contributed by atoms with Crippen molar-refractivity contribution in [2.75, 3.05) is 5.32 Å². The number of anilines is 1. The third-order valence-corrected chi connectivity index (χ3v) is 5.07. The first-order valence-electron chi connectivity index (χ1n) is 8.87. The van der Waals surface area contributed by atoms with E-state index in [9.17, 15) is 4.79 Å². The summed E-state index contributed by atoms with van der Waals surface area (Å²) in [5, 5.41) is 10.1. The Hall–Kier alpha value is -2.50. The highest BCUT2D eigenvalue weighted by Gasteiger charge is 2.44. The van der Waals surface area contributed by atoms with E-state index in [0.717, 1.165) is 59.8 Å². The van der Waals surface area contributed by atoms with Gasteiger partial charge in [0.05, 0.1) is 5.69 Å². The number of carbonyl (C=O) groups is 1. The highest BCUT2D eigenvalue weighted by molar-refractivity contribution is 5.91. The second-order valence-electron chi connectivity index (χ2n) is 6.94. The van der Waals surface area contributed by atoms with Crippen molar-refractivity contribution in [3.8, 4) is 11.5 Å². The van der Waals surface area contributed by atoms with Crippen LogP contribution in [0.3, 0.4) is 0 Å². The molecule has 1 amide bonds. The number of amides is 1. The number of benzene rings is 1. The molecule has 1 saturated carbocycles. The summed E-state index contributed by atoms with van der Waals surface area (Å²) in [5.74, 6) is 1.00. The van der Waals surface area contributed by atoms with Crippen molar-refractivity contribution in [3.63, 3.8) is 0 Å². The molecule has 2 aromatic rings. The van der Waals surface area contributed by atoms with E-state index in [1.54, 1.807) is 0 Å². The van der Waals surface area contributed by atoms with Crippen LogP contribution in [0.25, 0.3) is 0 Å². The van der Waals surface area contributed by atoms with E-state index in [4.69, 9.17) is 9.47 Å². The number of aryl methyl sites for hydroxylation is 2. The Morgan fingerprint density at radius 1 is 1.24 bits per heavy atom. The second-order valence-corrected chi connectivity index (χ2v) is 6.94. The number of ether oxygens (including phenoxy) is 2. The largest absolute Gasteiger partial charge is 0.448 e. The summed E-state index contributed by atoms with van der Waals surface area (Å²) in [6.45, 7) is 3.93. The zero-order chi connectivity index (χ0) is 17.4. The molecule has 2 N–H and O–H groups in total. The molecule has 2 aliphatic rings. The number of nitrogens with one attached hydrogen (secondary N) is 2. The van der Waals surface area contributed by atoms with Gasteiger partial charge in [0.15, 0.2) is 11.5 Å². The molecule has 25 heavy (non-hydrogen) atoms. The number of H-pyrrole nitrogens is 1. The Morgan fingerprint density at radius 2 is 2.00 bits per heavy atom. The Balaban J connectivity index is 1.38. The van der Waals surface area contributed by atoms with E-state index in [1.165, 1.54) is 0 Å². The molecule has 0 unspecified atom stereocenters. The quantitative estimate of drug-likeness (QED) is 0.890. The van der Waals surface area contributed by atoms with Gasteiger partial charge in [-0.3, -0.25) is 9.89 Å². The number of aromatic nitrogens is 2. The van der Waals surface area contributed by atoms with Crippen molar-refractivity contribution >= 4 is 11.6 Å². The summed E-state index contributed by atoms with van der Waals surface area (Å²) in [7, 11) is 0. The molecule has 2 heterocycles. The van der Waals surface area contributed by atoms with Crippen LogP contribution in [0, 0.1) is 13.8 Å². The van der Waals surface area contributed by atoms with E-state index in [0.29, 0.717) is 12.8 Å². The van der Waals surface area contributed by atoms with Crippen molar-refractivity contribution in [1.29, 1.82) is 0 Å². The topological polar surface area (TPSA) is 76.2 Å². The summed E-state index contributed by atoms with van der Waals surface area (Å²) < 4.78 is 12.0. The molecule has 6 nitrogen and oxygen atoms in total. The molecule has 1 aliphatic heterocycles. The lowest BCUT2D eigenvalue weighted by Crippen LogP contribution is -2.34. The lowest BCUT2D eigenvalue weighted by atomic mass is 10.1. The number of carbonyl (C=O) groups excluding carboxylic acids is 1. The van der Waals surface area contributed by atoms with Gasteiger partial charge in [-0.1, -0.05) is 0 Å². The van der Waals surface area contributed by atoms with Gasteiger partial charge < -0.3 is 14.8 Å². The highest BCUT2D eigenvalue weighted by Crippen LogP contribution is 2.47. The Bertz CT molecular complexity index is 787. The molecule has 132 valence electrons. The molecule has 1 aromatic carbocycles. The van der Waals surface area contributed by atoms with Crippen LogP contribution in [0.1, 0.15) is 49.1 Å². The third-order valence-electron chi connectivity index (χ3n) is 5.07. The first-order chi connectivity index (χ1) is 12.0. The predicted octanol–water partition coefficient (Wildman–Crippen LogP) is 3.64. The Morgan fingerprint density at radius 3 is 2.72 bits per heavy atom. The molecule has 1 aromatic heterocycles. The van der Waals surface area contributed by atoms with E-state index >= 15 is 0 Å². The molecular formula is C19H23N3O3. The highest BCUT2D eigenvalue weighted by atomic mass is 16.7. The SMILES string of the molecule is Cc1n[nH]c(C)c1CCC(=O)Nc1ccc2c(c1)OC1(CCCC1)O2. The average Bonchev–Trinajstić information content (AvgIpc) is 3.26. The summed E-state index contributed by atoms with van der Waals surface area (Å²) in [4.78, 5) is 12.3. The standard InChI is InChI=1S/C19H23N3O3/c1-12-15(13(2)22-21-12)6-8-18(23)20-14-5-7-16-17(11-14)25-19(24-16)9-3-4-10-19/h5,7,11H,3-4,6,8-10H2,1-2H3,(H,20,23)(H,21,22). The molecular weight excluding hydrogens is 318 g/mol. The maximum Gasteiger partial charge on any atom is 0.251 e. The van der Waals surface area contributed by atoms with Gasteiger partial charge in [0, 0.05) is 36.7 Å². The number of hydrogen-bond acceptors (Lipinski definition) is 4. The van der Waals surface area contributed by atoms with Crippen LogP contribution >= 0.6 is 0 Å². The zero-order valence-corrected chi connectivity index (χ0v) is 14.6. The minimum atomic E-state index is -0.471. The van der Waals surface area contributed by atoms with Gasteiger partial charge in [-0.25, -0.2) is 0 Å². The van der Waals surface area contributed by atoms with Gasteiger partial charge >= 0.3 is 0 Å². The van der Waals surface area contributed by atoms with Gasteiger partial charge in [0.25, 0.3) is 5.79 Å². The van der Waals surface area contributed by atoms with Gasteiger partial charge in [0.1, 0.15) is 0 Å². The molecule has 0 radical (unpaired) electrons. The van der Waals surface area contributed by atoms with Gasteiger partial charge in [-0.05, 0) is 50.8 Å². The number of rotatable bonds is 4. The Labute approximate surface area is 146 Å². The maximum atomic E-state index is 12.3. The first kappa shape index (κ1) is 16.0. The van der Waals surface area contributed by atoms with E-state index < -0.39 is 5.79 Å². The molecule has 0 atom stereocenters. The second kappa shape index (κ2) is 6.10. The van der Waals surface area contributed by atoms with Gasteiger partial charge in [-0.15, -0.1) is 0 Å². The minimum absolute atomic E-state index is 0.0190. The monoisotopic (exact) mass is 341 g/mol. The fraction of sp³-hybridized carbons (Fsp3) is 0.474. The van der Waals surface area contributed by atoms with E-state index in [1.807, 2.05) is 32.0 Å². The van der Waals surface area contributed by atoms with Crippen LogP contribution in [0.2, 0.25) is 0 Å². The molecule has 0 saturated heterocycles. The van der Waals surface area contributed by atoms with Crippen molar-refractivity contribution in [1.82, 2.24) is 10.2 Å². The molecule has 4 rings (SSSR count). The van der Waals surface area contributed by atoms with Crippen LogP contribution in [-0.2, 0) is 11.2 Å². The maximum absolute atomic E-state index is 12.3. The normalized spacial score (nSPS) is 17.2. The van der Waals surface area contributed by atoms with Crippen molar-refractivity contribution < 1.29 is 14.3 Å². The first-order valence-corrected chi connectivity index (χ1v) is 8.87. The molecule has 1 spiro atoms. The minimum Gasteiger partial charge on any atom is -0.448 e. The van der Waals surface area contributed by atoms with Crippen LogP contribution in [0.4, 0.5) is 5.69 Å². The Kier molecular flexibility index (Phi) is 3.90. The fourth-order valence-electron chi connectivity index (χ4n) is 3.69. The molecule has 1 aliphatic carbocycles. The van der Waals surface area contributed by atoms with E-state index in [2.05, 4.69) is 15.5 Å². The zero-order valence-electron chi connectivity index (χ0n) is 14.6. The van der Waals surface area contributed by atoms with Crippen LogP contribution in [-0.4, -0.2) is 21.9 Å².